The van der Waals surface area contributed by atoms with E-state index < -0.39 is 5.97 Å². The van der Waals surface area contributed by atoms with Crippen LogP contribution in [0.2, 0.25) is 0 Å². The minimum atomic E-state index is -1.06. The van der Waals surface area contributed by atoms with Gasteiger partial charge in [-0.1, -0.05) is 0 Å². The molecule has 1 aliphatic rings. The van der Waals surface area contributed by atoms with E-state index in [1.165, 1.54) is 18.6 Å². The molecule has 1 aromatic heterocycles. The Balaban J connectivity index is 2.69. The Hall–Kier alpha value is -2.89. The van der Waals surface area contributed by atoms with Crippen molar-refractivity contribution in [3.63, 3.8) is 0 Å². The van der Waals surface area contributed by atoms with Crippen LogP contribution in [0.3, 0.4) is 0 Å². The molecule has 0 saturated carbocycles. The number of rotatable bonds is 1. The summed E-state index contributed by atoms with van der Waals surface area (Å²) in [6, 6.07) is 3.40. The Morgan fingerprint density at radius 3 is 2.90 bits per heavy atom. The first-order chi connectivity index (χ1) is 9.79. The predicted octanol–water partition coefficient (Wildman–Crippen LogP) is 0.119. The summed E-state index contributed by atoms with van der Waals surface area (Å²) < 4.78 is 0. The molecular formula is C14H12N4O2. The Kier molecular flexibility index (Phi) is 4.66. The molecule has 0 atom stereocenters. The highest BCUT2D eigenvalue weighted by Crippen LogP contribution is 1.93. The predicted molar refractivity (Wildman–Crippen MR) is 76.2 cm³/mol. The first-order valence-electron chi connectivity index (χ1n) is 5.87. The van der Waals surface area contributed by atoms with Crippen molar-refractivity contribution in [3.05, 3.63) is 53.6 Å². The fourth-order valence-electron chi connectivity index (χ4n) is 1.53. The van der Waals surface area contributed by atoms with E-state index in [0.717, 1.165) is 0 Å². The molecule has 0 unspecified atom stereocenters. The maximum Gasteiger partial charge on any atom is 0.335 e. The number of carbonyl (C=O) groups is 1. The van der Waals surface area contributed by atoms with Crippen LogP contribution in [0, 0.1) is 0 Å². The van der Waals surface area contributed by atoms with E-state index in [2.05, 4.69) is 20.0 Å². The van der Waals surface area contributed by atoms with Gasteiger partial charge in [0.15, 0.2) is 0 Å². The summed E-state index contributed by atoms with van der Waals surface area (Å²) in [5.74, 6) is -1.06. The summed E-state index contributed by atoms with van der Waals surface area (Å²) in [5.41, 5.74) is 0.0996. The lowest BCUT2D eigenvalue weighted by atomic mass is 10.2. The lowest BCUT2D eigenvalue weighted by Crippen LogP contribution is -2.33. The smallest absolute Gasteiger partial charge is 0.335 e. The fourth-order valence-corrected chi connectivity index (χ4v) is 1.53. The zero-order valence-corrected chi connectivity index (χ0v) is 10.5. The number of pyridine rings is 1. The molecule has 2 rings (SSSR count). The van der Waals surface area contributed by atoms with E-state index in [-0.39, 0.29) is 12.1 Å². The molecule has 0 saturated heterocycles. The van der Waals surface area contributed by atoms with Crippen molar-refractivity contribution in [1.29, 1.82) is 0 Å². The Labute approximate surface area is 115 Å². The van der Waals surface area contributed by atoms with Crippen molar-refractivity contribution in [1.82, 2.24) is 4.98 Å². The number of aliphatic carboxylic acids is 1. The molecule has 0 aliphatic carbocycles. The first-order valence-corrected chi connectivity index (χ1v) is 5.87. The van der Waals surface area contributed by atoms with Gasteiger partial charge in [-0.05, 0) is 24.3 Å². The number of fused-ring (bicyclic) bond motifs is 1. The zero-order chi connectivity index (χ0) is 14.2. The molecule has 1 N–H and O–H groups in total. The summed E-state index contributed by atoms with van der Waals surface area (Å²) in [5, 5.41) is 10.1. The third-order valence-corrected chi connectivity index (χ3v) is 2.42. The molecule has 1 aliphatic heterocycles. The maximum absolute atomic E-state index is 11.3. The molecule has 2 heterocycles. The SMILES string of the molecule is O=C(O)C1=c2ncccc2=NC=CC=NC=CC=NC1. The van der Waals surface area contributed by atoms with Gasteiger partial charge in [0.2, 0.25) is 0 Å². The van der Waals surface area contributed by atoms with Crippen molar-refractivity contribution in [2.24, 2.45) is 15.0 Å². The fraction of sp³-hybridized carbons (Fsp3) is 0.0714. The van der Waals surface area contributed by atoms with Crippen molar-refractivity contribution in [3.8, 4) is 0 Å². The van der Waals surface area contributed by atoms with Crippen LogP contribution in [-0.2, 0) is 4.79 Å². The Bertz CT molecular complexity index is 730. The van der Waals surface area contributed by atoms with E-state index in [1.54, 1.807) is 36.7 Å². The summed E-state index contributed by atoms with van der Waals surface area (Å²) in [6.07, 6.45) is 11.0. The summed E-state index contributed by atoms with van der Waals surface area (Å²) in [6.45, 7) is 0.0205. The van der Waals surface area contributed by atoms with Gasteiger partial charge in [-0.3, -0.25) is 20.0 Å². The normalized spacial score (nSPS) is 14.7. The highest BCUT2D eigenvalue weighted by molar-refractivity contribution is 6.09. The number of hydrogen-bond donors (Lipinski definition) is 1. The highest BCUT2D eigenvalue weighted by Gasteiger charge is 2.09. The van der Waals surface area contributed by atoms with Gasteiger partial charge in [0.05, 0.1) is 17.5 Å². The van der Waals surface area contributed by atoms with Crippen LogP contribution >= 0.6 is 0 Å². The largest absolute Gasteiger partial charge is 0.478 e. The van der Waals surface area contributed by atoms with E-state index in [9.17, 15) is 9.90 Å². The second kappa shape index (κ2) is 6.89. The zero-order valence-electron chi connectivity index (χ0n) is 10.5. The molecule has 0 spiro atoms. The Morgan fingerprint density at radius 1 is 1.20 bits per heavy atom. The van der Waals surface area contributed by atoms with Gasteiger partial charge in [-0.25, -0.2) is 4.79 Å². The highest BCUT2D eigenvalue weighted by atomic mass is 16.4. The maximum atomic E-state index is 11.3. The molecule has 100 valence electrons. The molecule has 6 heteroatoms. The van der Waals surface area contributed by atoms with Crippen LogP contribution in [0.5, 0.6) is 0 Å². The molecule has 1 aromatic rings. The number of aliphatic imine (C=N–C) groups is 2. The number of carboxylic acids is 1. The topological polar surface area (TPSA) is 87.3 Å². The second-order valence-electron chi connectivity index (χ2n) is 3.75. The molecule has 0 amide bonds. The lowest BCUT2D eigenvalue weighted by molar-refractivity contribution is -0.130. The number of nitrogens with zero attached hydrogens (tertiary/aromatic N) is 4. The number of allylic oxidation sites excluding steroid dienone is 2. The van der Waals surface area contributed by atoms with Gasteiger partial charge in [0.1, 0.15) is 5.35 Å². The van der Waals surface area contributed by atoms with Crippen molar-refractivity contribution >= 4 is 24.0 Å². The van der Waals surface area contributed by atoms with Gasteiger partial charge in [0, 0.05) is 31.0 Å². The van der Waals surface area contributed by atoms with Crippen LogP contribution in [0.4, 0.5) is 0 Å². The first kappa shape index (κ1) is 13.5. The average molecular weight is 268 g/mol. The third kappa shape index (κ3) is 3.55. The second-order valence-corrected chi connectivity index (χ2v) is 3.75. The van der Waals surface area contributed by atoms with E-state index in [4.69, 9.17) is 0 Å². The quantitative estimate of drug-likeness (QED) is 0.784. The van der Waals surface area contributed by atoms with E-state index in [0.29, 0.717) is 10.7 Å². The van der Waals surface area contributed by atoms with Crippen molar-refractivity contribution in [2.45, 2.75) is 0 Å². The third-order valence-electron chi connectivity index (χ3n) is 2.42. The van der Waals surface area contributed by atoms with Crippen LogP contribution in [0.1, 0.15) is 0 Å². The summed E-state index contributed by atoms with van der Waals surface area (Å²) >= 11 is 0. The van der Waals surface area contributed by atoms with Gasteiger partial charge in [-0.2, -0.15) is 0 Å². The van der Waals surface area contributed by atoms with Crippen LogP contribution < -0.4 is 10.7 Å². The van der Waals surface area contributed by atoms with Crippen molar-refractivity contribution < 1.29 is 9.90 Å². The minimum Gasteiger partial charge on any atom is -0.478 e. The van der Waals surface area contributed by atoms with Crippen LogP contribution in [0.15, 0.2) is 57.9 Å². The number of aromatic nitrogens is 1. The van der Waals surface area contributed by atoms with Crippen LogP contribution in [-0.4, -0.2) is 35.0 Å². The molecule has 0 radical (unpaired) electrons. The Morgan fingerprint density at radius 2 is 2.05 bits per heavy atom. The average Bonchev–Trinajstić information content (AvgIpc) is 2.46. The molecule has 20 heavy (non-hydrogen) atoms. The molecule has 0 aromatic carbocycles. The molecule has 6 nitrogen and oxygen atoms in total. The monoisotopic (exact) mass is 268 g/mol. The van der Waals surface area contributed by atoms with Gasteiger partial charge < -0.3 is 5.11 Å². The van der Waals surface area contributed by atoms with Crippen LogP contribution in [0.25, 0.3) is 5.57 Å². The molecule has 0 bridgehead atoms. The van der Waals surface area contributed by atoms with Gasteiger partial charge in [-0.15, -0.1) is 0 Å². The number of carboxylic acid groups (broad SMARTS) is 1. The minimum absolute atomic E-state index is 0.0205. The number of hydrogen-bond acceptors (Lipinski definition) is 5. The van der Waals surface area contributed by atoms with Gasteiger partial charge in [0.25, 0.3) is 0 Å². The lowest BCUT2D eigenvalue weighted by Gasteiger charge is -1.97. The van der Waals surface area contributed by atoms with Gasteiger partial charge >= 0.3 is 5.97 Å². The van der Waals surface area contributed by atoms with E-state index in [1.807, 2.05) is 0 Å². The van der Waals surface area contributed by atoms with E-state index >= 15 is 0 Å². The van der Waals surface area contributed by atoms with Crippen molar-refractivity contribution in [2.75, 3.05) is 6.54 Å². The summed E-state index contributed by atoms with van der Waals surface area (Å²) in [7, 11) is 0. The molecular weight excluding hydrogens is 256 g/mol. The summed E-state index contributed by atoms with van der Waals surface area (Å²) in [4.78, 5) is 27.6. The molecule has 0 fully saturated rings. The standard InChI is InChI=1S/C14H12N4O2/c19-14(20)11-10-16-7-2-5-15-6-3-9-17-12-4-1-8-18-13(11)12/h1-9H,10H2,(H,19,20).